The molecule has 0 saturated heterocycles. The van der Waals surface area contributed by atoms with Crippen molar-refractivity contribution in [2.24, 2.45) is 0 Å². The largest absolute Gasteiger partial charge is 0.312 e. The molecule has 2 aromatic carbocycles. The maximum absolute atomic E-state index is 12.2. The zero-order valence-corrected chi connectivity index (χ0v) is 11.8. The van der Waals surface area contributed by atoms with Gasteiger partial charge in [-0.15, -0.1) is 0 Å². The molecule has 1 aliphatic rings. The molecule has 106 valence electrons. The van der Waals surface area contributed by atoms with E-state index < -0.39 is 0 Å². The van der Waals surface area contributed by atoms with Crippen molar-refractivity contribution >= 4 is 17.4 Å². The minimum Gasteiger partial charge on any atom is -0.312 e. The first-order valence-corrected chi connectivity index (χ1v) is 7.22. The average molecular weight is 279 g/mol. The van der Waals surface area contributed by atoms with E-state index in [1.165, 1.54) is 5.56 Å². The van der Waals surface area contributed by atoms with Gasteiger partial charge in [-0.2, -0.15) is 0 Å². The summed E-state index contributed by atoms with van der Waals surface area (Å²) in [6, 6.07) is 17.2. The van der Waals surface area contributed by atoms with Crippen LogP contribution in [-0.2, 0) is 11.2 Å². The zero-order valence-electron chi connectivity index (χ0n) is 11.8. The van der Waals surface area contributed by atoms with Crippen LogP contribution in [0.4, 0.5) is 5.69 Å². The highest BCUT2D eigenvalue weighted by Gasteiger charge is 2.24. The number of anilines is 1. The van der Waals surface area contributed by atoms with Crippen LogP contribution >= 0.6 is 0 Å². The van der Waals surface area contributed by atoms with E-state index in [2.05, 4.69) is 0 Å². The van der Waals surface area contributed by atoms with Gasteiger partial charge in [-0.05, 0) is 18.1 Å². The molecule has 0 saturated carbocycles. The summed E-state index contributed by atoms with van der Waals surface area (Å²) in [6.45, 7) is 0.448. The first-order chi connectivity index (χ1) is 10.3. The van der Waals surface area contributed by atoms with Crippen LogP contribution in [0.1, 0.15) is 28.8 Å². The predicted molar refractivity (Wildman–Crippen MR) is 82.5 cm³/mol. The highest BCUT2D eigenvalue weighted by atomic mass is 16.2. The van der Waals surface area contributed by atoms with Crippen LogP contribution < -0.4 is 4.90 Å². The van der Waals surface area contributed by atoms with E-state index in [1.54, 1.807) is 4.90 Å². The van der Waals surface area contributed by atoms with Gasteiger partial charge in [0.1, 0.15) is 0 Å². The Labute approximate surface area is 124 Å². The minimum absolute atomic E-state index is 0.0754. The van der Waals surface area contributed by atoms with Crippen molar-refractivity contribution in [3.05, 3.63) is 65.7 Å². The lowest BCUT2D eigenvalue weighted by atomic mass is 10.0. The average Bonchev–Trinajstić information content (AvgIpc) is 2.54. The maximum atomic E-state index is 12.2. The predicted octanol–water partition coefficient (Wildman–Crippen LogP) is 3.24. The molecule has 0 radical (unpaired) electrons. The number of carbonyl (C=O) groups excluding carboxylic acids is 2. The lowest BCUT2D eigenvalue weighted by molar-refractivity contribution is -0.118. The van der Waals surface area contributed by atoms with E-state index in [9.17, 15) is 9.59 Å². The Balaban J connectivity index is 1.73. The van der Waals surface area contributed by atoms with E-state index in [0.717, 1.165) is 12.1 Å². The first-order valence-electron chi connectivity index (χ1n) is 7.22. The Morgan fingerprint density at radius 1 is 0.952 bits per heavy atom. The van der Waals surface area contributed by atoms with Gasteiger partial charge in [0.15, 0.2) is 5.78 Å². The summed E-state index contributed by atoms with van der Waals surface area (Å²) in [5, 5.41) is 0. The number of fused-ring (bicyclic) bond motifs is 1. The van der Waals surface area contributed by atoms with Gasteiger partial charge in [-0.25, -0.2) is 0 Å². The van der Waals surface area contributed by atoms with Crippen molar-refractivity contribution in [1.29, 1.82) is 0 Å². The summed E-state index contributed by atoms with van der Waals surface area (Å²) in [5.41, 5.74) is 2.84. The minimum atomic E-state index is 0.0754. The van der Waals surface area contributed by atoms with E-state index >= 15 is 0 Å². The van der Waals surface area contributed by atoms with Crippen LogP contribution in [0.3, 0.4) is 0 Å². The van der Waals surface area contributed by atoms with Crippen molar-refractivity contribution in [3.8, 4) is 0 Å². The molecular weight excluding hydrogens is 262 g/mol. The number of ketones is 1. The number of nitrogens with zero attached hydrogens (tertiary/aromatic N) is 1. The molecule has 3 nitrogen and oxygen atoms in total. The van der Waals surface area contributed by atoms with Crippen LogP contribution in [0, 0.1) is 0 Å². The zero-order chi connectivity index (χ0) is 14.7. The highest BCUT2D eigenvalue weighted by molar-refractivity contribution is 5.99. The molecule has 1 amide bonds. The van der Waals surface area contributed by atoms with Crippen molar-refractivity contribution in [1.82, 2.24) is 0 Å². The molecular formula is C18H17NO2. The molecule has 0 atom stereocenters. The molecule has 3 heteroatoms. The summed E-state index contributed by atoms with van der Waals surface area (Å²) >= 11 is 0. The van der Waals surface area contributed by atoms with E-state index in [0.29, 0.717) is 24.9 Å². The maximum Gasteiger partial charge on any atom is 0.227 e. The van der Waals surface area contributed by atoms with Gasteiger partial charge < -0.3 is 4.90 Å². The number of hydrogen-bond donors (Lipinski definition) is 0. The monoisotopic (exact) mass is 279 g/mol. The molecule has 1 heterocycles. The number of Topliss-reactive ketones (excluding diaryl/α,β-unsaturated/α-hetero) is 1. The molecule has 0 aliphatic carbocycles. The third-order valence-corrected chi connectivity index (χ3v) is 3.85. The number of hydrogen-bond acceptors (Lipinski definition) is 2. The molecule has 0 fully saturated rings. The van der Waals surface area contributed by atoms with Crippen LogP contribution in [0.5, 0.6) is 0 Å². The Morgan fingerprint density at radius 2 is 1.67 bits per heavy atom. The van der Waals surface area contributed by atoms with Crippen molar-refractivity contribution in [2.75, 3.05) is 11.4 Å². The fourth-order valence-corrected chi connectivity index (χ4v) is 2.72. The molecule has 0 aromatic heterocycles. The van der Waals surface area contributed by atoms with Gasteiger partial charge in [0, 0.05) is 30.6 Å². The van der Waals surface area contributed by atoms with Crippen LogP contribution in [0.2, 0.25) is 0 Å². The highest BCUT2D eigenvalue weighted by Crippen LogP contribution is 2.27. The van der Waals surface area contributed by atoms with Gasteiger partial charge in [-0.1, -0.05) is 48.5 Å². The van der Waals surface area contributed by atoms with E-state index in [4.69, 9.17) is 0 Å². The molecule has 0 bridgehead atoms. The Kier molecular flexibility index (Phi) is 3.82. The third-order valence-electron chi connectivity index (χ3n) is 3.85. The summed E-state index contributed by atoms with van der Waals surface area (Å²) in [5.74, 6) is 0.181. The second kappa shape index (κ2) is 5.92. The number of amides is 1. The molecule has 2 aromatic rings. The number of carbonyl (C=O) groups is 2. The number of benzene rings is 2. The molecule has 0 spiro atoms. The fraction of sp³-hybridized carbons (Fsp3) is 0.222. The molecule has 21 heavy (non-hydrogen) atoms. The van der Waals surface area contributed by atoms with Crippen LogP contribution in [-0.4, -0.2) is 18.2 Å². The standard InChI is InChI=1S/C18H17NO2/c20-17(15-7-2-1-3-8-15)12-13-19-16-9-5-4-6-14(16)10-11-18(19)21/h1-9H,10-13H2. The van der Waals surface area contributed by atoms with Crippen LogP contribution in [0.25, 0.3) is 0 Å². The Hall–Kier alpha value is -2.42. The summed E-state index contributed by atoms with van der Waals surface area (Å²) < 4.78 is 0. The molecule has 3 rings (SSSR count). The summed E-state index contributed by atoms with van der Waals surface area (Å²) in [4.78, 5) is 26.0. The summed E-state index contributed by atoms with van der Waals surface area (Å²) in [6.07, 6.45) is 1.67. The Morgan fingerprint density at radius 3 is 2.48 bits per heavy atom. The van der Waals surface area contributed by atoms with Gasteiger partial charge in [0.25, 0.3) is 0 Å². The smallest absolute Gasteiger partial charge is 0.227 e. The van der Waals surface area contributed by atoms with Crippen molar-refractivity contribution in [2.45, 2.75) is 19.3 Å². The second-order valence-electron chi connectivity index (χ2n) is 5.21. The first kappa shape index (κ1) is 13.6. The van der Waals surface area contributed by atoms with Gasteiger partial charge in [-0.3, -0.25) is 9.59 Å². The second-order valence-corrected chi connectivity index (χ2v) is 5.21. The summed E-state index contributed by atoms with van der Waals surface area (Å²) in [7, 11) is 0. The number of rotatable bonds is 4. The number of aryl methyl sites for hydroxylation is 1. The van der Waals surface area contributed by atoms with Crippen LogP contribution in [0.15, 0.2) is 54.6 Å². The molecule has 0 unspecified atom stereocenters. The van der Waals surface area contributed by atoms with Gasteiger partial charge in [0.05, 0.1) is 0 Å². The SMILES string of the molecule is O=C(CCN1C(=O)CCc2ccccc21)c1ccccc1. The van der Waals surface area contributed by atoms with E-state index in [-0.39, 0.29) is 11.7 Å². The lowest BCUT2D eigenvalue weighted by Gasteiger charge is -2.29. The lowest BCUT2D eigenvalue weighted by Crippen LogP contribution is -2.36. The van der Waals surface area contributed by atoms with Gasteiger partial charge >= 0.3 is 0 Å². The topological polar surface area (TPSA) is 37.4 Å². The quantitative estimate of drug-likeness (QED) is 0.806. The molecule has 1 aliphatic heterocycles. The number of para-hydroxylation sites is 1. The van der Waals surface area contributed by atoms with Crippen molar-refractivity contribution < 1.29 is 9.59 Å². The third kappa shape index (κ3) is 2.87. The fourth-order valence-electron chi connectivity index (χ4n) is 2.72. The molecule has 0 N–H and O–H groups in total. The normalized spacial score (nSPS) is 13.9. The Bertz CT molecular complexity index is 664. The van der Waals surface area contributed by atoms with Crippen molar-refractivity contribution in [3.63, 3.8) is 0 Å². The van der Waals surface area contributed by atoms with E-state index in [1.807, 2.05) is 54.6 Å². The van der Waals surface area contributed by atoms with Gasteiger partial charge in [0.2, 0.25) is 5.91 Å².